The fraction of sp³-hybridized carbons (Fsp3) is 0.688. The monoisotopic (exact) mass is 307 g/mol. The molecule has 1 aliphatic rings. The van der Waals surface area contributed by atoms with Crippen molar-refractivity contribution in [1.29, 1.82) is 0 Å². The van der Waals surface area contributed by atoms with E-state index in [0.29, 0.717) is 18.7 Å². The highest BCUT2D eigenvalue weighted by Crippen LogP contribution is 2.22. The summed E-state index contributed by atoms with van der Waals surface area (Å²) >= 11 is 0. The Labute approximate surface area is 130 Å². The molecule has 1 aliphatic heterocycles. The van der Waals surface area contributed by atoms with Crippen LogP contribution in [-0.4, -0.2) is 44.9 Å². The van der Waals surface area contributed by atoms with Crippen LogP contribution in [0.5, 0.6) is 0 Å². The molecule has 0 radical (unpaired) electrons. The van der Waals surface area contributed by atoms with Gasteiger partial charge in [-0.05, 0) is 38.2 Å². The molecule has 22 heavy (non-hydrogen) atoms. The Kier molecular flexibility index (Phi) is 6.12. The van der Waals surface area contributed by atoms with Crippen LogP contribution >= 0.6 is 0 Å². The third-order valence-electron chi connectivity index (χ3n) is 4.14. The molecule has 1 atom stereocenters. The molecule has 122 valence electrons. The molecule has 1 aromatic heterocycles. The van der Waals surface area contributed by atoms with E-state index in [-0.39, 0.29) is 24.1 Å². The van der Waals surface area contributed by atoms with Crippen molar-refractivity contribution in [3.05, 3.63) is 28.2 Å². The predicted octanol–water partition coefficient (Wildman–Crippen LogP) is 1.42. The van der Waals surface area contributed by atoms with Gasteiger partial charge in [-0.15, -0.1) is 0 Å². The summed E-state index contributed by atoms with van der Waals surface area (Å²) in [5.74, 6) is -0.106. The SMILES string of the molecule is CCCCn1nc(C(=O)N2CCCC2CCCO)ccc1=O. The first-order valence-electron chi connectivity index (χ1n) is 8.17. The fourth-order valence-electron chi connectivity index (χ4n) is 2.91. The van der Waals surface area contributed by atoms with Gasteiger partial charge < -0.3 is 10.0 Å². The maximum atomic E-state index is 12.6. The first-order chi connectivity index (χ1) is 10.7. The molecule has 1 fully saturated rings. The third-order valence-corrected chi connectivity index (χ3v) is 4.14. The molecule has 1 saturated heterocycles. The Balaban J connectivity index is 2.12. The largest absolute Gasteiger partial charge is 0.396 e. The average Bonchev–Trinajstić information content (AvgIpc) is 2.99. The van der Waals surface area contributed by atoms with Gasteiger partial charge in [-0.2, -0.15) is 5.10 Å². The Morgan fingerprint density at radius 1 is 1.41 bits per heavy atom. The molecule has 1 unspecified atom stereocenters. The Hall–Kier alpha value is -1.69. The van der Waals surface area contributed by atoms with Crippen molar-refractivity contribution >= 4 is 5.91 Å². The number of aliphatic hydroxyl groups excluding tert-OH is 1. The lowest BCUT2D eigenvalue weighted by atomic mass is 10.1. The Morgan fingerprint density at radius 2 is 2.23 bits per heavy atom. The number of aromatic nitrogens is 2. The van der Waals surface area contributed by atoms with Crippen LogP contribution in [0.1, 0.15) is 55.9 Å². The molecular weight excluding hydrogens is 282 g/mol. The second-order valence-corrected chi connectivity index (χ2v) is 5.79. The lowest BCUT2D eigenvalue weighted by Crippen LogP contribution is -2.37. The average molecular weight is 307 g/mol. The summed E-state index contributed by atoms with van der Waals surface area (Å²) in [6.07, 6.45) is 5.32. The van der Waals surface area contributed by atoms with Crippen molar-refractivity contribution in [1.82, 2.24) is 14.7 Å². The van der Waals surface area contributed by atoms with Gasteiger partial charge in [0.1, 0.15) is 5.69 Å². The molecule has 6 heteroatoms. The maximum Gasteiger partial charge on any atom is 0.274 e. The fourth-order valence-corrected chi connectivity index (χ4v) is 2.91. The lowest BCUT2D eigenvalue weighted by Gasteiger charge is -2.24. The van der Waals surface area contributed by atoms with Crippen LogP contribution in [0.15, 0.2) is 16.9 Å². The lowest BCUT2D eigenvalue weighted by molar-refractivity contribution is 0.0715. The van der Waals surface area contributed by atoms with Crippen molar-refractivity contribution in [3.8, 4) is 0 Å². The van der Waals surface area contributed by atoms with E-state index in [4.69, 9.17) is 5.11 Å². The highest BCUT2D eigenvalue weighted by Gasteiger charge is 2.29. The summed E-state index contributed by atoms with van der Waals surface area (Å²) in [6, 6.07) is 3.13. The van der Waals surface area contributed by atoms with E-state index in [1.54, 1.807) is 0 Å². The molecule has 2 rings (SSSR count). The van der Waals surface area contributed by atoms with Crippen LogP contribution in [0.25, 0.3) is 0 Å². The molecule has 0 spiro atoms. The van der Waals surface area contributed by atoms with Crippen LogP contribution < -0.4 is 5.56 Å². The van der Waals surface area contributed by atoms with Crippen LogP contribution in [0.3, 0.4) is 0 Å². The van der Waals surface area contributed by atoms with Gasteiger partial charge in [-0.3, -0.25) is 9.59 Å². The molecule has 0 bridgehead atoms. The topological polar surface area (TPSA) is 75.4 Å². The summed E-state index contributed by atoms with van der Waals surface area (Å²) in [5, 5.41) is 13.2. The second-order valence-electron chi connectivity index (χ2n) is 5.79. The zero-order valence-corrected chi connectivity index (χ0v) is 13.2. The zero-order chi connectivity index (χ0) is 15.9. The van der Waals surface area contributed by atoms with Gasteiger partial charge in [0, 0.05) is 31.8 Å². The van der Waals surface area contributed by atoms with Gasteiger partial charge in [0.05, 0.1) is 0 Å². The number of rotatable bonds is 7. The van der Waals surface area contributed by atoms with Crippen LogP contribution in [0.2, 0.25) is 0 Å². The molecule has 1 aromatic rings. The van der Waals surface area contributed by atoms with E-state index in [1.807, 2.05) is 4.90 Å². The second kappa shape index (κ2) is 8.08. The molecule has 0 saturated carbocycles. The first-order valence-corrected chi connectivity index (χ1v) is 8.17. The van der Waals surface area contributed by atoms with E-state index < -0.39 is 0 Å². The van der Waals surface area contributed by atoms with E-state index in [0.717, 1.165) is 38.6 Å². The molecular formula is C16H25N3O3. The summed E-state index contributed by atoms with van der Waals surface area (Å²) in [7, 11) is 0. The van der Waals surface area contributed by atoms with Gasteiger partial charge in [0.2, 0.25) is 0 Å². The van der Waals surface area contributed by atoms with Gasteiger partial charge in [-0.1, -0.05) is 13.3 Å². The highest BCUT2D eigenvalue weighted by molar-refractivity contribution is 5.92. The first kappa shape index (κ1) is 16.7. The van der Waals surface area contributed by atoms with Crippen molar-refractivity contribution in [2.75, 3.05) is 13.2 Å². The predicted molar refractivity (Wildman–Crippen MR) is 83.8 cm³/mol. The quantitative estimate of drug-likeness (QED) is 0.826. The number of hydrogen-bond donors (Lipinski definition) is 1. The number of hydrogen-bond acceptors (Lipinski definition) is 4. The van der Waals surface area contributed by atoms with Gasteiger partial charge in [-0.25, -0.2) is 4.68 Å². The zero-order valence-electron chi connectivity index (χ0n) is 13.2. The van der Waals surface area contributed by atoms with E-state index in [2.05, 4.69) is 12.0 Å². The van der Waals surface area contributed by atoms with E-state index in [1.165, 1.54) is 16.8 Å². The van der Waals surface area contributed by atoms with Gasteiger partial charge in [0.15, 0.2) is 0 Å². The van der Waals surface area contributed by atoms with Crippen molar-refractivity contribution < 1.29 is 9.90 Å². The third kappa shape index (κ3) is 3.94. The number of likely N-dealkylation sites (tertiary alicyclic amines) is 1. The van der Waals surface area contributed by atoms with E-state index >= 15 is 0 Å². The van der Waals surface area contributed by atoms with E-state index in [9.17, 15) is 9.59 Å². The summed E-state index contributed by atoms with van der Waals surface area (Å²) < 4.78 is 1.38. The number of unbranched alkanes of at least 4 members (excludes halogenated alkanes) is 1. The molecule has 0 aliphatic carbocycles. The maximum absolute atomic E-state index is 12.6. The Morgan fingerprint density at radius 3 is 2.95 bits per heavy atom. The van der Waals surface area contributed by atoms with Crippen LogP contribution in [0.4, 0.5) is 0 Å². The van der Waals surface area contributed by atoms with Crippen LogP contribution in [0, 0.1) is 0 Å². The summed E-state index contributed by atoms with van der Waals surface area (Å²) in [6.45, 7) is 3.48. The highest BCUT2D eigenvalue weighted by atomic mass is 16.3. The number of amides is 1. The molecule has 0 aromatic carbocycles. The number of nitrogens with zero attached hydrogens (tertiary/aromatic N) is 3. The normalized spacial score (nSPS) is 17.9. The minimum absolute atomic E-state index is 0.106. The molecule has 6 nitrogen and oxygen atoms in total. The number of carbonyl (C=O) groups is 1. The van der Waals surface area contributed by atoms with Gasteiger partial charge in [0.25, 0.3) is 11.5 Å². The standard InChI is InChI=1S/C16H25N3O3/c1-2-3-11-19-15(21)9-8-14(17-19)16(22)18-10-4-6-13(18)7-5-12-20/h8-9,13,20H,2-7,10-12H2,1H3. The number of aliphatic hydroxyl groups is 1. The summed E-state index contributed by atoms with van der Waals surface area (Å²) in [5.41, 5.74) is 0.176. The van der Waals surface area contributed by atoms with Crippen LogP contribution in [-0.2, 0) is 6.54 Å². The molecule has 1 N–H and O–H groups in total. The van der Waals surface area contributed by atoms with Crippen molar-refractivity contribution in [2.45, 2.75) is 58.0 Å². The number of aryl methyl sites for hydroxylation is 1. The number of carbonyl (C=O) groups excluding carboxylic acids is 1. The molecule has 2 heterocycles. The smallest absolute Gasteiger partial charge is 0.274 e. The Bertz CT molecular complexity index is 556. The minimum atomic E-state index is -0.164. The molecule has 1 amide bonds. The van der Waals surface area contributed by atoms with Crippen molar-refractivity contribution in [2.24, 2.45) is 0 Å². The summed E-state index contributed by atoms with van der Waals surface area (Å²) in [4.78, 5) is 26.3. The van der Waals surface area contributed by atoms with Gasteiger partial charge >= 0.3 is 0 Å². The minimum Gasteiger partial charge on any atom is -0.396 e. The van der Waals surface area contributed by atoms with Crippen molar-refractivity contribution in [3.63, 3.8) is 0 Å².